The van der Waals surface area contributed by atoms with Gasteiger partial charge in [-0.05, 0) is 12.8 Å². The van der Waals surface area contributed by atoms with Crippen molar-refractivity contribution in [3.8, 4) is 0 Å². The molecule has 4 nitrogen and oxygen atoms in total. The Labute approximate surface area is 187 Å². The van der Waals surface area contributed by atoms with Gasteiger partial charge in [0.1, 0.15) is 6.10 Å². The van der Waals surface area contributed by atoms with Crippen LogP contribution in [0.3, 0.4) is 0 Å². The molecule has 0 aromatic rings. The lowest BCUT2D eigenvalue weighted by Gasteiger charge is -2.15. The minimum absolute atomic E-state index is 0.170. The van der Waals surface area contributed by atoms with Crippen LogP contribution >= 0.6 is 0 Å². The molecule has 0 saturated carbocycles. The largest absolute Gasteiger partial charge is 0.457 e. The van der Waals surface area contributed by atoms with Gasteiger partial charge in [-0.2, -0.15) is 0 Å². The number of aliphatic hydroxyl groups is 1. The average molecular weight is 429 g/mol. The first-order valence-corrected chi connectivity index (χ1v) is 13.1. The second-order valence-electron chi connectivity index (χ2n) is 8.78. The number of esters is 1. The maximum absolute atomic E-state index is 11.6. The number of ether oxygens (including phenoxy) is 2. The van der Waals surface area contributed by atoms with Crippen LogP contribution in [0.5, 0.6) is 0 Å². The fourth-order valence-corrected chi connectivity index (χ4v) is 3.66. The predicted octanol–water partition coefficient (Wildman–Crippen LogP) is 7.36. The van der Waals surface area contributed by atoms with Gasteiger partial charge in [-0.3, -0.25) is 4.79 Å². The van der Waals surface area contributed by atoms with Crippen molar-refractivity contribution in [2.75, 3.05) is 19.8 Å². The summed E-state index contributed by atoms with van der Waals surface area (Å²) in [4.78, 5) is 11.6. The molecule has 0 fully saturated rings. The topological polar surface area (TPSA) is 55.8 Å². The van der Waals surface area contributed by atoms with Gasteiger partial charge in [0.05, 0.1) is 13.2 Å². The molecule has 4 heteroatoms. The van der Waals surface area contributed by atoms with E-state index in [4.69, 9.17) is 9.47 Å². The second-order valence-corrected chi connectivity index (χ2v) is 8.78. The number of rotatable bonds is 24. The molecule has 30 heavy (non-hydrogen) atoms. The second kappa shape index (κ2) is 24.7. The van der Waals surface area contributed by atoms with Crippen LogP contribution in [-0.4, -0.2) is 37.0 Å². The third-order valence-electron chi connectivity index (χ3n) is 5.68. The maximum Gasteiger partial charge on any atom is 0.306 e. The first-order chi connectivity index (χ1) is 14.7. The highest BCUT2D eigenvalue weighted by atomic mass is 16.6. The van der Waals surface area contributed by atoms with Crippen molar-refractivity contribution >= 4 is 5.97 Å². The summed E-state index contributed by atoms with van der Waals surface area (Å²) in [5.74, 6) is -0.234. The molecule has 0 saturated heterocycles. The number of hydrogen-bond acceptors (Lipinski definition) is 4. The zero-order chi connectivity index (χ0) is 22.1. The van der Waals surface area contributed by atoms with E-state index in [1.54, 1.807) is 0 Å². The van der Waals surface area contributed by atoms with E-state index < -0.39 is 6.10 Å². The molecule has 0 rings (SSSR count). The SMILES string of the molecule is CCCCCCCCCCCCCCCCCCOCC(CO)OC(=O)CCCC. The lowest BCUT2D eigenvalue weighted by molar-refractivity contribution is -0.154. The highest BCUT2D eigenvalue weighted by molar-refractivity contribution is 5.69. The Kier molecular flexibility index (Phi) is 24.2. The molecule has 0 bridgehead atoms. The quantitative estimate of drug-likeness (QED) is 0.129. The zero-order valence-corrected chi connectivity index (χ0v) is 20.3. The van der Waals surface area contributed by atoms with Gasteiger partial charge in [0, 0.05) is 13.0 Å². The van der Waals surface area contributed by atoms with Gasteiger partial charge < -0.3 is 14.6 Å². The smallest absolute Gasteiger partial charge is 0.306 e. The summed E-state index contributed by atoms with van der Waals surface area (Å²) >= 11 is 0. The van der Waals surface area contributed by atoms with E-state index in [0.717, 1.165) is 19.3 Å². The summed E-state index contributed by atoms with van der Waals surface area (Å²) in [5, 5.41) is 9.29. The van der Waals surface area contributed by atoms with E-state index in [2.05, 4.69) is 6.92 Å². The highest BCUT2D eigenvalue weighted by Crippen LogP contribution is 2.13. The van der Waals surface area contributed by atoms with Gasteiger partial charge in [-0.1, -0.05) is 117 Å². The van der Waals surface area contributed by atoms with Gasteiger partial charge >= 0.3 is 5.97 Å². The molecule has 0 radical (unpaired) electrons. The number of hydrogen-bond donors (Lipinski definition) is 1. The summed E-state index contributed by atoms with van der Waals surface area (Å²) in [6.07, 6.45) is 23.4. The van der Waals surface area contributed by atoms with Gasteiger partial charge in [0.2, 0.25) is 0 Å². The molecule has 0 aromatic heterocycles. The normalized spacial score (nSPS) is 12.2. The fraction of sp³-hybridized carbons (Fsp3) is 0.962. The molecule has 0 spiro atoms. The Balaban J connectivity index is 3.26. The molecule has 180 valence electrons. The van der Waals surface area contributed by atoms with E-state index in [1.165, 1.54) is 96.3 Å². The van der Waals surface area contributed by atoms with Crippen molar-refractivity contribution in [3.63, 3.8) is 0 Å². The van der Waals surface area contributed by atoms with Crippen LogP contribution in [0.15, 0.2) is 0 Å². The first kappa shape index (κ1) is 29.4. The Morgan fingerprint density at radius 2 is 1.10 bits per heavy atom. The molecular formula is C26H52O4. The van der Waals surface area contributed by atoms with Crippen LogP contribution in [0.2, 0.25) is 0 Å². The van der Waals surface area contributed by atoms with Crippen LogP contribution < -0.4 is 0 Å². The minimum Gasteiger partial charge on any atom is -0.457 e. The van der Waals surface area contributed by atoms with Gasteiger partial charge in [0.25, 0.3) is 0 Å². The fourth-order valence-electron chi connectivity index (χ4n) is 3.66. The summed E-state index contributed by atoms with van der Waals surface area (Å²) in [6, 6.07) is 0. The molecule has 0 amide bonds. The van der Waals surface area contributed by atoms with Crippen molar-refractivity contribution in [2.45, 2.75) is 142 Å². The molecule has 1 N–H and O–H groups in total. The number of carbonyl (C=O) groups is 1. The first-order valence-electron chi connectivity index (χ1n) is 13.1. The molecule has 0 aliphatic heterocycles. The van der Waals surface area contributed by atoms with Crippen molar-refractivity contribution in [1.29, 1.82) is 0 Å². The van der Waals surface area contributed by atoms with Crippen LogP contribution in [0.1, 0.15) is 136 Å². The van der Waals surface area contributed by atoms with Crippen LogP contribution in [0.4, 0.5) is 0 Å². The van der Waals surface area contributed by atoms with E-state index in [0.29, 0.717) is 19.6 Å². The number of aliphatic hydroxyl groups excluding tert-OH is 1. The lowest BCUT2D eigenvalue weighted by Crippen LogP contribution is -2.27. The van der Waals surface area contributed by atoms with Crippen molar-refractivity contribution in [1.82, 2.24) is 0 Å². The molecule has 0 heterocycles. The zero-order valence-electron chi connectivity index (χ0n) is 20.3. The summed E-state index contributed by atoms with van der Waals surface area (Å²) < 4.78 is 10.8. The Morgan fingerprint density at radius 3 is 1.53 bits per heavy atom. The Bertz CT molecular complexity index is 346. The van der Waals surface area contributed by atoms with Crippen LogP contribution in [-0.2, 0) is 14.3 Å². The van der Waals surface area contributed by atoms with Crippen LogP contribution in [0, 0.1) is 0 Å². The van der Waals surface area contributed by atoms with Crippen LogP contribution in [0.25, 0.3) is 0 Å². The van der Waals surface area contributed by atoms with Gasteiger partial charge in [0.15, 0.2) is 0 Å². The lowest BCUT2D eigenvalue weighted by atomic mass is 10.0. The van der Waals surface area contributed by atoms with E-state index in [1.807, 2.05) is 6.92 Å². The Morgan fingerprint density at radius 1 is 0.667 bits per heavy atom. The maximum atomic E-state index is 11.6. The average Bonchev–Trinajstić information content (AvgIpc) is 2.76. The van der Waals surface area contributed by atoms with Crippen molar-refractivity contribution < 1.29 is 19.4 Å². The predicted molar refractivity (Wildman–Crippen MR) is 127 cm³/mol. The number of unbranched alkanes of at least 4 members (excludes halogenated alkanes) is 16. The monoisotopic (exact) mass is 428 g/mol. The van der Waals surface area contributed by atoms with E-state index in [-0.39, 0.29) is 12.6 Å². The summed E-state index contributed by atoms with van der Waals surface area (Å²) in [5.41, 5.74) is 0. The molecular weight excluding hydrogens is 376 g/mol. The third kappa shape index (κ3) is 22.1. The molecule has 0 aliphatic carbocycles. The summed E-state index contributed by atoms with van der Waals surface area (Å²) in [7, 11) is 0. The van der Waals surface area contributed by atoms with E-state index in [9.17, 15) is 9.90 Å². The summed E-state index contributed by atoms with van der Waals surface area (Å²) in [6.45, 7) is 5.13. The van der Waals surface area contributed by atoms with Gasteiger partial charge in [-0.25, -0.2) is 0 Å². The third-order valence-corrected chi connectivity index (χ3v) is 5.68. The Hall–Kier alpha value is -0.610. The van der Waals surface area contributed by atoms with Crippen molar-refractivity contribution in [3.05, 3.63) is 0 Å². The minimum atomic E-state index is -0.518. The number of carbonyl (C=O) groups excluding carboxylic acids is 1. The van der Waals surface area contributed by atoms with E-state index >= 15 is 0 Å². The molecule has 1 unspecified atom stereocenters. The molecule has 0 aromatic carbocycles. The molecule has 1 atom stereocenters. The van der Waals surface area contributed by atoms with Gasteiger partial charge in [-0.15, -0.1) is 0 Å². The standard InChI is InChI=1S/C26H52O4/c1-3-5-7-8-9-10-11-12-13-14-15-16-17-18-19-20-22-29-24-25(23-27)30-26(28)21-6-4-2/h25,27H,3-24H2,1-2H3. The van der Waals surface area contributed by atoms with Crippen molar-refractivity contribution in [2.24, 2.45) is 0 Å². The molecule has 0 aliphatic rings. The highest BCUT2D eigenvalue weighted by Gasteiger charge is 2.13.